The molecule has 2 N–H and O–H groups in total. The summed E-state index contributed by atoms with van der Waals surface area (Å²) < 4.78 is 4.47. The van der Waals surface area contributed by atoms with E-state index in [9.17, 15) is 5.11 Å². The zero-order valence-corrected chi connectivity index (χ0v) is 14.9. The van der Waals surface area contributed by atoms with Crippen LogP contribution in [-0.2, 0) is 20.1 Å². The van der Waals surface area contributed by atoms with Crippen LogP contribution in [0.2, 0.25) is 0 Å². The van der Waals surface area contributed by atoms with Crippen LogP contribution in [0.4, 0.5) is 0 Å². The number of hydrogen-bond acceptors (Lipinski definition) is 2. The van der Waals surface area contributed by atoms with Crippen LogP contribution < -0.4 is 26.9 Å². The minimum Gasteiger partial charge on any atom is -1.00 e. The highest BCUT2D eigenvalue weighted by molar-refractivity contribution is 4.84. The summed E-state index contributed by atoms with van der Waals surface area (Å²) in [5.41, 5.74) is 0. The summed E-state index contributed by atoms with van der Waals surface area (Å²) in [6, 6.07) is 0.189. The van der Waals surface area contributed by atoms with E-state index in [0.717, 1.165) is 19.5 Å². The van der Waals surface area contributed by atoms with E-state index in [0.29, 0.717) is 5.92 Å². The van der Waals surface area contributed by atoms with Gasteiger partial charge < -0.3 is 27.4 Å². The summed E-state index contributed by atoms with van der Waals surface area (Å²) in [6.07, 6.45) is 7.67. The predicted molar refractivity (Wildman–Crippen MR) is 77.7 cm³/mol. The molecule has 0 aliphatic carbocycles. The molecular formula is C15H30BrN3O. The molecule has 0 radical (unpaired) electrons. The highest BCUT2D eigenvalue weighted by atomic mass is 79.9. The van der Waals surface area contributed by atoms with Crippen molar-refractivity contribution in [2.24, 2.45) is 13.0 Å². The molecule has 118 valence electrons. The molecule has 0 aromatic carbocycles. The van der Waals surface area contributed by atoms with Crippen LogP contribution in [0, 0.1) is 5.92 Å². The number of hydrogen-bond donors (Lipinski definition) is 2. The number of aryl methyl sites for hydroxylation is 2. The van der Waals surface area contributed by atoms with Crippen molar-refractivity contribution in [3.05, 3.63) is 18.2 Å². The molecule has 1 heterocycles. The van der Waals surface area contributed by atoms with Gasteiger partial charge in [0.25, 0.3) is 5.82 Å². The van der Waals surface area contributed by atoms with Crippen LogP contribution in [0.1, 0.15) is 45.9 Å². The number of unbranched alkanes of at least 4 members (excludes halogenated alkanes) is 1. The van der Waals surface area contributed by atoms with Crippen LogP contribution in [-0.4, -0.2) is 22.3 Å². The number of imidazole rings is 1. The van der Waals surface area contributed by atoms with Crippen LogP contribution in [0.5, 0.6) is 0 Å². The second-order valence-electron chi connectivity index (χ2n) is 5.76. The molecule has 0 bridgehead atoms. The molecule has 1 atom stereocenters. The summed E-state index contributed by atoms with van der Waals surface area (Å²) in [4.78, 5) is 0. The molecule has 0 amide bonds. The third-order valence-corrected chi connectivity index (χ3v) is 3.49. The van der Waals surface area contributed by atoms with Crippen molar-refractivity contribution in [2.75, 3.05) is 6.61 Å². The maximum Gasteiger partial charge on any atom is 0.270 e. The van der Waals surface area contributed by atoms with E-state index in [1.165, 1.54) is 18.7 Å². The van der Waals surface area contributed by atoms with E-state index >= 15 is 0 Å². The number of nitrogens with zero attached hydrogens (tertiary/aromatic N) is 2. The van der Waals surface area contributed by atoms with Gasteiger partial charge in [-0.25, -0.2) is 9.13 Å². The third kappa shape index (κ3) is 6.37. The van der Waals surface area contributed by atoms with E-state index in [-0.39, 0.29) is 29.6 Å². The summed E-state index contributed by atoms with van der Waals surface area (Å²) in [6.45, 7) is 8.68. The largest absolute Gasteiger partial charge is 1.00 e. The van der Waals surface area contributed by atoms with Gasteiger partial charge in [0.1, 0.15) is 12.4 Å². The highest BCUT2D eigenvalue weighted by Gasteiger charge is 2.16. The molecule has 0 aliphatic heterocycles. The number of aliphatic hydroxyl groups excluding tert-OH is 1. The van der Waals surface area contributed by atoms with Crippen LogP contribution in [0.3, 0.4) is 0 Å². The van der Waals surface area contributed by atoms with Gasteiger partial charge in [0.05, 0.1) is 26.7 Å². The molecule has 0 unspecified atom stereocenters. The molecule has 20 heavy (non-hydrogen) atoms. The number of aromatic nitrogens is 2. The lowest BCUT2D eigenvalue weighted by molar-refractivity contribution is -0.679. The molecule has 0 fully saturated rings. The van der Waals surface area contributed by atoms with E-state index in [2.05, 4.69) is 54.7 Å². The van der Waals surface area contributed by atoms with Crippen molar-refractivity contribution in [1.29, 1.82) is 0 Å². The number of nitrogens with one attached hydrogen (secondary N) is 1. The Bertz CT molecular complexity index is 366. The monoisotopic (exact) mass is 347 g/mol. The first-order chi connectivity index (χ1) is 9.08. The SMILES string of the molecule is CCCCn1cc[n+](C)c1CN[C@@H](CO)CC(C)C.[Br-]. The standard InChI is InChI=1S/C15H30N3O.BrH/c1-5-6-7-18-9-8-17(4)15(18)11-16-14(12-19)10-13(2)3;/h8-9,13-14,16,19H,5-7,10-12H2,1-4H3;1H/q+1;/p-1/t14-;/m1./s1. The fraction of sp³-hybridized carbons (Fsp3) is 0.800. The molecule has 0 spiro atoms. The Hall–Kier alpha value is -0.390. The Labute approximate surface area is 134 Å². The van der Waals surface area contributed by atoms with Gasteiger partial charge in [-0.3, -0.25) is 0 Å². The van der Waals surface area contributed by atoms with Gasteiger partial charge in [-0.1, -0.05) is 27.2 Å². The van der Waals surface area contributed by atoms with Crippen molar-refractivity contribution >= 4 is 0 Å². The molecular weight excluding hydrogens is 318 g/mol. The molecule has 1 rings (SSSR count). The lowest BCUT2D eigenvalue weighted by atomic mass is 10.0. The Morgan fingerprint density at radius 3 is 2.65 bits per heavy atom. The molecule has 4 nitrogen and oxygen atoms in total. The van der Waals surface area contributed by atoms with Crippen molar-refractivity contribution in [3.8, 4) is 0 Å². The quantitative estimate of drug-likeness (QED) is 0.540. The lowest BCUT2D eigenvalue weighted by Crippen LogP contribution is -3.00. The molecule has 0 aliphatic rings. The molecule has 0 saturated carbocycles. The zero-order valence-electron chi connectivity index (χ0n) is 13.3. The summed E-state index contributed by atoms with van der Waals surface area (Å²) in [7, 11) is 2.08. The lowest BCUT2D eigenvalue weighted by Gasteiger charge is -2.17. The molecule has 1 aromatic heterocycles. The van der Waals surface area contributed by atoms with Crippen molar-refractivity contribution in [2.45, 2.75) is 59.2 Å². The van der Waals surface area contributed by atoms with Crippen molar-refractivity contribution in [3.63, 3.8) is 0 Å². The topological polar surface area (TPSA) is 41.1 Å². The minimum absolute atomic E-state index is 0. The van der Waals surface area contributed by atoms with Gasteiger partial charge >= 0.3 is 0 Å². The average Bonchev–Trinajstić information content (AvgIpc) is 2.72. The second-order valence-corrected chi connectivity index (χ2v) is 5.76. The summed E-state index contributed by atoms with van der Waals surface area (Å²) in [5, 5.41) is 12.9. The Balaban J connectivity index is 0.00000361. The highest BCUT2D eigenvalue weighted by Crippen LogP contribution is 2.05. The fourth-order valence-electron chi connectivity index (χ4n) is 2.34. The molecule has 5 heteroatoms. The van der Waals surface area contributed by atoms with Crippen LogP contribution in [0.15, 0.2) is 12.4 Å². The molecule has 1 aromatic rings. The van der Waals surface area contributed by atoms with Gasteiger partial charge in [-0.05, 0) is 18.8 Å². The Kier molecular flexibility index (Phi) is 10.2. The first kappa shape index (κ1) is 19.6. The van der Waals surface area contributed by atoms with Crippen molar-refractivity contribution in [1.82, 2.24) is 9.88 Å². The van der Waals surface area contributed by atoms with E-state index in [4.69, 9.17) is 0 Å². The third-order valence-electron chi connectivity index (χ3n) is 3.49. The van der Waals surface area contributed by atoms with Gasteiger partial charge in [0.15, 0.2) is 0 Å². The van der Waals surface area contributed by atoms with E-state index in [1.807, 2.05) is 0 Å². The first-order valence-electron chi connectivity index (χ1n) is 7.46. The number of halogens is 1. The van der Waals surface area contributed by atoms with Gasteiger partial charge in [0.2, 0.25) is 0 Å². The average molecular weight is 348 g/mol. The zero-order chi connectivity index (χ0) is 14.3. The smallest absolute Gasteiger partial charge is 0.270 e. The van der Waals surface area contributed by atoms with Gasteiger partial charge in [-0.15, -0.1) is 0 Å². The van der Waals surface area contributed by atoms with E-state index < -0.39 is 0 Å². The summed E-state index contributed by atoms with van der Waals surface area (Å²) in [5.74, 6) is 1.88. The van der Waals surface area contributed by atoms with Gasteiger partial charge in [0, 0.05) is 6.04 Å². The molecule has 0 saturated heterocycles. The fourth-order valence-corrected chi connectivity index (χ4v) is 2.34. The Morgan fingerprint density at radius 2 is 2.10 bits per heavy atom. The Morgan fingerprint density at radius 1 is 1.40 bits per heavy atom. The van der Waals surface area contributed by atoms with Crippen LogP contribution in [0.25, 0.3) is 0 Å². The number of aliphatic hydroxyl groups is 1. The van der Waals surface area contributed by atoms with Crippen LogP contribution >= 0.6 is 0 Å². The predicted octanol–water partition coefficient (Wildman–Crippen LogP) is -1.39. The minimum atomic E-state index is 0. The summed E-state index contributed by atoms with van der Waals surface area (Å²) >= 11 is 0. The normalized spacial score (nSPS) is 12.5. The van der Waals surface area contributed by atoms with Crippen molar-refractivity contribution < 1.29 is 26.7 Å². The first-order valence-corrected chi connectivity index (χ1v) is 7.46. The second kappa shape index (κ2) is 10.4. The number of rotatable bonds is 9. The van der Waals surface area contributed by atoms with E-state index in [1.54, 1.807) is 0 Å². The van der Waals surface area contributed by atoms with Gasteiger partial charge in [-0.2, -0.15) is 0 Å². The maximum absolute atomic E-state index is 9.41. The maximum atomic E-state index is 9.41.